The van der Waals surface area contributed by atoms with Crippen LogP contribution in [-0.2, 0) is 9.53 Å². The van der Waals surface area contributed by atoms with E-state index in [9.17, 15) is 18.0 Å². The number of alkyl halides is 3. The molecule has 2 atom stereocenters. The summed E-state index contributed by atoms with van der Waals surface area (Å²) in [5, 5.41) is 1.50. The normalized spacial score (nSPS) is 21.0. The number of halogens is 3. The lowest BCUT2D eigenvalue weighted by Gasteiger charge is -2.31. The fourth-order valence-electron chi connectivity index (χ4n) is 3.58. The predicted octanol–water partition coefficient (Wildman–Crippen LogP) is 6.99. The fraction of sp³-hybridized carbons (Fsp3) is 0.625. The molecule has 0 aromatic rings. The minimum absolute atomic E-state index is 0.142. The third-order valence-corrected chi connectivity index (χ3v) is 5.47. The van der Waals surface area contributed by atoms with Crippen LogP contribution in [0.3, 0.4) is 0 Å². The van der Waals surface area contributed by atoms with Crippen LogP contribution in [0.25, 0.3) is 0 Å². The molecular formula is C24H36F3NO2. The maximum absolute atomic E-state index is 12.8. The summed E-state index contributed by atoms with van der Waals surface area (Å²) in [6.07, 6.45) is 6.62. The van der Waals surface area contributed by atoms with Crippen LogP contribution in [0.4, 0.5) is 13.2 Å². The van der Waals surface area contributed by atoms with Crippen molar-refractivity contribution in [3.05, 3.63) is 46.4 Å². The van der Waals surface area contributed by atoms with Crippen molar-refractivity contribution >= 4 is 5.78 Å². The number of carbonyl (C=O) groups is 1. The van der Waals surface area contributed by atoms with Gasteiger partial charge in [0.2, 0.25) is 5.78 Å². The molecule has 3 nitrogen and oxygen atoms in total. The molecule has 0 aromatic heterocycles. The first kappa shape index (κ1) is 26.1. The molecule has 0 amide bonds. The quantitative estimate of drug-likeness (QED) is 0.302. The molecule has 170 valence electrons. The Labute approximate surface area is 179 Å². The van der Waals surface area contributed by atoms with Crippen molar-refractivity contribution in [1.82, 2.24) is 5.32 Å². The van der Waals surface area contributed by atoms with Crippen molar-refractivity contribution in [2.45, 2.75) is 79.4 Å². The van der Waals surface area contributed by atoms with E-state index in [4.69, 9.17) is 4.74 Å². The molecule has 0 saturated heterocycles. The first-order valence-electron chi connectivity index (χ1n) is 10.6. The molecule has 0 fully saturated rings. The van der Waals surface area contributed by atoms with Gasteiger partial charge in [-0.25, -0.2) is 0 Å². The van der Waals surface area contributed by atoms with E-state index < -0.39 is 6.30 Å². The Morgan fingerprint density at radius 1 is 1.07 bits per heavy atom. The topological polar surface area (TPSA) is 38.3 Å². The molecule has 30 heavy (non-hydrogen) atoms. The van der Waals surface area contributed by atoms with E-state index in [-0.39, 0.29) is 35.5 Å². The Hall–Kier alpha value is -1.98. The van der Waals surface area contributed by atoms with Crippen molar-refractivity contribution in [3.8, 4) is 0 Å². The van der Waals surface area contributed by atoms with Gasteiger partial charge in [-0.1, -0.05) is 41.9 Å². The van der Waals surface area contributed by atoms with E-state index in [2.05, 4.69) is 39.0 Å². The number of hydrogen-bond acceptors (Lipinski definition) is 3. The summed E-state index contributed by atoms with van der Waals surface area (Å²) >= 11 is 0. The summed E-state index contributed by atoms with van der Waals surface area (Å²) in [7, 11) is 1.23. The van der Waals surface area contributed by atoms with Gasteiger partial charge in [-0.15, -0.1) is 0 Å². The number of ether oxygens (including phenoxy) is 1. The molecule has 1 rings (SSSR count). The lowest BCUT2D eigenvalue weighted by atomic mass is 9.78. The first-order chi connectivity index (χ1) is 13.9. The Morgan fingerprint density at radius 2 is 1.63 bits per heavy atom. The highest BCUT2D eigenvalue weighted by Gasteiger charge is 2.39. The molecule has 0 radical (unpaired) electrons. The van der Waals surface area contributed by atoms with Gasteiger partial charge in [0, 0.05) is 5.92 Å². The van der Waals surface area contributed by atoms with Crippen LogP contribution in [-0.4, -0.2) is 19.2 Å². The average Bonchev–Trinajstić information content (AvgIpc) is 2.62. The van der Waals surface area contributed by atoms with Crippen LogP contribution in [0.15, 0.2) is 46.4 Å². The van der Waals surface area contributed by atoms with Crippen LogP contribution in [0, 0.1) is 11.8 Å². The van der Waals surface area contributed by atoms with E-state index in [0.29, 0.717) is 6.42 Å². The number of rotatable bonds is 10. The lowest BCUT2D eigenvalue weighted by molar-refractivity contribution is -0.152. The van der Waals surface area contributed by atoms with E-state index in [1.54, 1.807) is 6.92 Å². The van der Waals surface area contributed by atoms with E-state index >= 15 is 0 Å². The van der Waals surface area contributed by atoms with Gasteiger partial charge in [-0.2, -0.15) is 13.2 Å². The van der Waals surface area contributed by atoms with Crippen LogP contribution >= 0.6 is 0 Å². The van der Waals surface area contributed by atoms with Crippen LogP contribution in [0.5, 0.6) is 0 Å². The van der Waals surface area contributed by atoms with Crippen molar-refractivity contribution < 1.29 is 22.7 Å². The number of nitrogens with one attached hydrogen (secondary N) is 1. The Morgan fingerprint density at radius 3 is 2.17 bits per heavy atom. The second-order valence-corrected chi connectivity index (χ2v) is 8.45. The van der Waals surface area contributed by atoms with Gasteiger partial charge in [0.25, 0.3) is 0 Å². The second kappa shape index (κ2) is 12.0. The summed E-state index contributed by atoms with van der Waals surface area (Å²) in [6, 6.07) is 0. The largest absolute Gasteiger partial charge is 0.491 e. The molecule has 0 heterocycles. The summed E-state index contributed by atoms with van der Waals surface area (Å²) in [4.78, 5) is 12.5. The summed E-state index contributed by atoms with van der Waals surface area (Å²) in [5.74, 6) is -1.13. The number of ketones is 1. The van der Waals surface area contributed by atoms with Gasteiger partial charge in [-0.05, 0) is 72.1 Å². The first-order valence-corrected chi connectivity index (χ1v) is 10.6. The molecule has 1 aliphatic carbocycles. The van der Waals surface area contributed by atoms with Gasteiger partial charge >= 0.3 is 6.30 Å². The molecule has 0 bridgehead atoms. The number of Topliss-reactive ketones (excluding diaryl/α,β-unsaturated/α-hetero) is 1. The van der Waals surface area contributed by atoms with Gasteiger partial charge in [0.05, 0.1) is 12.8 Å². The molecule has 6 heteroatoms. The maximum Gasteiger partial charge on any atom is 0.482 e. The fourth-order valence-corrected chi connectivity index (χ4v) is 3.58. The highest BCUT2D eigenvalue weighted by atomic mass is 19.4. The van der Waals surface area contributed by atoms with E-state index in [1.807, 2.05) is 6.92 Å². The second-order valence-electron chi connectivity index (χ2n) is 8.45. The third kappa shape index (κ3) is 9.23. The van der Waals surface area contributed by atoms with Crippen molar-refractivity contribution in [2.75, 3.05) is 7.11 Å². The zero-order chi connectivity index (χ0) is 22.9. The van der Waals surface area contributed by atoms with Crippen molar-refractivity contribution in [3.63, 3.8) is 0 Å². The van der Waals surface area contributed by atoms with Gasteiger partial charge < -0.3 is 4.74 Å². The summed E-state index contributed by atoms with van der Waals surface area (Å²) in [6.45, 7) is 10.1. The summed E-state index contributed by atoms with van der Waals surface area (Å²) in [5.41, 5.74) is 3.72. The SMILES string of the molecule is COC1=C(NC(F)(F)F)C[C@@H](C/C=C(\C)CC/C=C(\C)CCC=C(C)C)C(C)C1=O. The summed E-state index contributed by atoms with van der Waals surface area (Å²) < 4.78 is 43.4. The minimum Gasteiger partial charge on any atom is -0.491 e. The van der Waals surface area contributed by atoms with Gasteiger partial charge in [-0.3, -0.25) is 10.1 Å². The zero-order valence-electron chi connectivity index (χ0n) is 19.1. The average molecular weight is 428 g/mol. The third-order valence-electron chi connectivity index (χ3n) is 5.47. The molecule has 0 saturated carbocycles. The minimum atomic E-state index is -4.59. The van der Waals surface area contributed by atoms with Crippen LogP contribution < -0.4 is 5.32 Å². The van der Waals surface area contributed by atoms with Gasteiger partial charge in [0.15, 0.2) is 5.76 Å². The van der Waals surface area contributed by atoms with E-state index in [0.717, 1.165) is 25.7 Å². The smallest absolute Gasteiger partial charge is 0.482 e. The number of allylic oxidation sites excluding steroid dienone is 8. The number of carbonyl (C=O) groups excluding carboxylic acids is 1. The van der Waals surface area contributed by atoms with Crippen LogP contribution in [0.1, 0.15) is 73.1 Å². The predicted molar refractivity (Wildman–Crippen MR) is 116 cm³/mol. The monoisotopic (exact) mass is 427 g/mol. The molecule has 1 N–H and O–H groups in total. The standard InChI is InChI=1S/C24H36F3NO2/c1-16(2)9-7-10-17(3)11-8-12-18(4)13-14-20-15-21(28-24(25,26)27)23(30-6)22(29)19(20)5/h9,11,13,19-20,28H,7-8,10,12,14-15H2,1-6H3/b17-11+,18-13+/t19?,20-/m1/s1. The molecule has 1 unspecified atom stereocenters. The molecule has 0 aromatic carbocycles. The van der Waals surface area contributed by atoms with Crippen LogP contribution in [0.2, 0.25) is 0 Å². The van der Waals surface area contributed by atoms with Crippen molar-refractivity contribution in [1.29, 1.82) is 0 Å². The molecule has 0 spiro atoms. The number of hydrogen-bond donors (Lipinski definition) is 1. The van der Waals surface area contributed by atoms with Gasteiger partial charge in [0.1, 0.15) is 0 Å². The Bertz CT molecular complexity index is 710. The molecule has 1 aliphatic rings. The highest BCUT2D eigenvalue weighted by molar-refractivity contribution is 5.96. The highest BCUT2D eigenvalue weighted by Crippen LogP contribution is 2.35. The Balaban J connectivity index is 2.67. The number of methoxy groups -OCH3 is 1. The zero-order valence-corrected chi connectivity index (χ0v) is 19.1. The molecule has 0 aliphatic heterocycles. The lowest BCUT2D eigenvalue weighted by Crippen LogP contribution is -2.39. The maximum atomic E-state index is 12.8. The van der Waals surface area contributed by atoms with E-state index in [1.165, 1.54) is 29.1 Å². The Kier molecular flexibility index (Phi) is 10.4. The van der Waals surface area contributed by atoms with Crippen molar-refractivity contribution in [2.24, 2.45) is 11.8 Å². The molecular weight excluding hydrogens is 391 g/mol.